The first-order chi connectivity index (χ1) is 12.4. The molecule has 1 aromatic heterocycles. The Morgan fingerprint density at radius 2 is 1.92 bits per heavy atom. The van der Waals surface area contributed by atoms with Crippen LogP contribution in [-0.2, 0) is 0 Å². The van der Waals surface area contributed by atoms with Crippen LogP contribution in [0.15, 0.2) is 29.6 Å². The monoisotopic (exact) mass is 357 g/mol. The largest absolute Gasteiger partial charge is 0.489 e. The van der Waals surface area contributed by atoms with Gasteiger partial charge in [0.25, 0.3) is 0 Å². The molecule has 3 aliphatic rings. The Labute approximate surface area is 152 Å². The molecule has 0 spiro atoms. The van der Waals surface area contributed by atoms with Crippen molar-refractivity contribution in [2.24, 2.45) is 0 Å². The number of ether oxygens (including phenoxy) is 3. The van der Waals surface area contributed by atoms with Crippen molar-refractivity contribution in [1.29, 1.82) is 0 Å². The topological polar surface area (TPSA) is 30.9 Å². The van der Waals surface area contributed by atoms with Crippen LogP contribution in [0.5, 0.6) is 17.2 Å². The Kier molecular flexibility index (Phi) is 4.06. The number of rotatable bonds is 3. The predicted molar refractivity (Wildman–Crippen MR) is 98.4 cm³/mol. The molecular weight excluding hydrogens is 334 g/mol. The van der Waals surface area contributed by atoms with Crippen LogP contribution in [0.1, 0.15) is 35.1 Å². The molecule has 25 heavy (non-hydrogen) atoms. The van der Waals surface area contributed by atoms with Crippen LogP contribution in [0.25, 0.3) is 0 Å². The lowest BCUT2D eigenvalue weighted by Gasteiger charge is -2.32. The van der Waals surface area contributed by atoms with Crippen molar-refractivity contribution < 1.29 is 14.2 Å². The molecule has 1 aromatic carbocycles. The number of nitrogens with zero attached hydrogens (tertiary/aromatic N) is 1. The van der Waals surface area contributed by atoms with E-state index in [1.807, 2.05) is 17.4 Å². The van der Waals surface area contributed by atoms with Crippen LogP contribution < -0.4 is 14.2 Å². The van der Waals surface area contributed by atoms with Crippen molar-refractivity contribution in [2.75, 3.05) is 39.5 Å². The van der Waals surface area contributed by atoms with Gasteiger partial charge in [0.15, 0.2) is 11.5 Å². The van der Waals surface area contributed by atoms with Crippen molar-refractivity contribution in [2.45, 2.75) is 24.7 Å². The molecule has 1 saturated heterocycles. The number of thiophene rings is 1. The van der Waals surface area contributed by atoms with Gasteiger partial charge in [0.2, 0.25) is 5.75 Å². The van der Waals surface area contributed by atoms with Gasteiger partial charge in [-0.05, 0) is 36.9 Å². The molecule has 0 aliphatic carbocycles. The van der Waals surface area contributed by atoms with Crippen LogP contribution in [-0.4, -0.2) is 44.4 Å². The number of benzene rings is 1. The number of fused-ring (bicyclic) bond motifs is 3. The van der Waals surface area contributed by atoms with Crippen molar-refractivity contribution >= 4 is 11.3 Å². The van der Waals surface area contributed by atoms with Gasteiger partial charge in [-0.15, -0.1) is 11.3 Å². The fraction of sp³-hybridized carbons (Fsp3) is 0.500. The zero-order chi connectivity index (χ0) is 16.6. The highest BCUT2D eigenvalue weighted by atomic mass is 32.1. The average Bonchev–Trinajstić information content (AvgIpc) is 3.33. The smallest absolute Gasteiger partial charge is 0.203 e. The molecule has 2 unspecified atom stereocenters. The second-order valence-corrected chi connectivity index (χ2v) is 8.08. The Bertz CT molecular complexity index is 746. The maximum Gasteiger partial charge on any atom is 0.203 e. The van der Waals surface area contributed by atoms with Crippen LogP contribution >= 0.6 is 11.3 Å². The molecule has 5 rings (SSSR count). The minimum Gasteiger partial charge on any atom is -0.489 e. The molecule has 4 heterocycles. The van der Waals surface area contributed by atoms with E-state index in [0.717, 1.165) is 36.8 Å². The van der Waals surface area contributed by atoms with Crippen molar-refractivity contribution in [3.63, 3.8) is 0 Å². The summed E-state index contributed by atoms with van der Waals surface area (Å²) in [5, 5.41) is 2.19. The molecule has 0 radical (unpaired) electrons. The van der Waals surface area contributed by atoms with Crippen molar-refractivity contribution in [3.05, 3.63) is 40.1 Å². The third-order valence-electron chi connectivity index (χ3n) is 5.54. The fourth-order valence-electron chi connectivity index (χ4n) is 4.29. The molecule has 2 atom stereocenters. The van der Waals surface area contributed by atoms with E-state index in [0.29, 0.717) is 25.0 Å². The first-order valence-corrected chi connectivity index (χ1v) is 10.1. The summed E-state index contributed by atoms with van der Waals surface area (Å²) < 4.78 is 17.5. The highest BCUT2D eigenvalue weighted by Gasteiger charge is 2.32. The lowest BCUT2D eigenvalue weighted by molar-refractivity contribution is 0.155. The van der Waals surface area contributed by atoms with E-state index in [4.69, 9.17) is 14.2 Å². The summed E-state index contributed by atoms with van der Waals surface area (Å²) in [5.41, 5.74) is 1.29. The van der Waals surface area contributed by atoms with Gasteiger partial charge in [0.05, 0.1) is 6.61 Å². The minimum atomic E-state index is 0.515. The molecule has 2 aromatic rings. The third-order valence-corrected chi connectivity index (χ3v) is 6.58. The lowest BCUT2D eigenvalue weighted by atomic mass is 9.92. The first-order valence-electron chi connectivity index (χ1n) is 9.19. The van der Waals surface area contributed by atoms with E-state index in [2.05, 4.69) is 28.5 Å². The van der Waals surface area contributed by atoms with Gasteiger partial charge < -0.3 is 19.1 Å². The van der Waals surface area contributed by atoms with Gasteiger partial charge in [-0.3, -0.25) is 0 Å². The van der Waals surface area contributed by atoms with E-state index in [1.54, 1.807) is 0 Å². The lowest BCUT2D eigenvalue weighted by Crippen LogP contribution is -2.29. The average molecular weight is 357 g/mol. The molecule has 3 aliphatic heterocycles. The molecule has 0 saturated carbocycles. The normalized spacial score (nSPS) is 25.4. The van der Waals surface area contributed by atoms with Gasteiger partial charge >= 0.3 is 0 Å². The van der Waals surface area contributed by atoms with E-state index in [9.17, 15) is 0 Å². The molecule has 132 valence electrons. The molecular formula is C20H23NO3S. The predicted octanol–water partition coefficient (Wildman–Crippen LogP) is 3.87. The van der Waals surface area contributed by atoms with Crippen LogP contribution in [0, 0.1) is 0 Å². The maximum absolute atomic E-state index is 5.97. The summed E-state index contributed by atoms with van der Waals surface area (Å²) in [6.07, 6.45) is 2.35. The Morgan fingerprint density at radius 1 is 1.00 bits per heavy atom. The number of hydrogen-bond donors (Lipinski definition) is 0. The standard InChI is InChI=1S/C20H23NO3S/c1-2-18(25-11-1)15-5-7-21(13-15)12-14-6-8-23-19-16(14)3-4-17-20(19)24-10-9-22-17/h1-4,11,14-15H,5-10,12-13H2. The van der Waals surface area contributed by atoms with Gasteiger partial charge in [-0.1, -0.05) is 12.1 Å². The summed E-state index contributed by atoms with van der Waals surface area (Å²) in [6.45, 7) is 5.47. The Morgan fingerprint density at radius 3 is 2.84 bits per heavy atom. The van der Waals surface area contributed by atoms with Gasteiger partial charge in [-0.2, -0.15) is 0 Å². The zero-order valence-corrected chi connectivity index (χ0v) is 15.1. The maximum atomic E-state index is 5.97. The Balaban J connectivity index is 1.33. The quantitative estimate of drug-likeness (QED) is 0.834. The SMILES string of the molecule is c1csc(C2CCN(CC3CCOc4c3ccc3c4OCCO3)C2)c1. The summed E-state index contributed by atoms with van der Waals surface area (Å²) >= 11 is 1.90. The third kappa shape index (κ3) is 2.89. The summed E-state index contributed by atoms with van der Waals surface area (Å²) in [7, 11) is 0. The fourth-order valence-corrected chi connectivity index (χ4v) is 5.15. The highest BCUT2D eigenvalue weighted by Crippen LogP contribution is 2.47. The highest BCUT2D eigenvalue weighted by molar-refractivity contribution is 7.10. The second-order valence-electron chi connectivity index (χ2n) is 7.10. The molecule has 4 nitrogen and oxygen atoms in total. The molecule has 0 bridgehead atoms. The van der Waals surface area contributed by atoms with Gasteiger partial charge in [0, 0.05) is 35.4 Å². The van der Waals surface area contributed by atoms with Crippen LogP contribution in [0.2, 0.25) is 0 Å². The first kappa shape index (κ1) is 15.5. The summed E-state index contributed by atoms with van der Waals surface area (Å²) in [4.78, 5) is 4.16. The van der Waals surface area contributed by atoms with Crippen molar-refractivity contribution in [3.8, 4) is 17.2 Å². The Hall–Kier alpha value is -1.72. The van der Waals surface area contributed by atoms with Gasteiger partial charge in [-0.25, -0.2) is 0 Å². The molecule has 0 amide bonds. The van der Waals surface area contributed by atoms with E-state index in [1.165, 1.54) is 30.0 Å². The molecule has 1 fully saturated rings. The number of likely N-dealkylation sites (tertiary alicyclic amines) is 1. The minimum absolute atomic E-state index is 0.515. The van der Waals surface area contributed by atoms with E-state index >= 15 is 0 Å². The van der Waals surface area contributed by atoms with E-state index < -0.39 is 0 Å². The van der Waals surface area contributed by atoms with Gasteiger partial charge in [0.1, 0.15) is 13.2 Å². The molecule has 0 N–H and O–H groups in total. The number of hydrogen-bond acceptors (Lipinski definition) is 5. The summed E-state index contributed by atoms with van der Waals surface area (Å²) in [5.74, 6) is 3.78. The van der Waals surface area contributed by atoms with Crippen LogP contribution in [0.3, 0.4) is 0 Å². The zero-order valence-electron chi connectivity index (χ0n) is 14.3. The molecule has 5 heteroatoms. The van der Waals surface area contributed by atoms with E-state index in [-0.39, 0.29) is 0 Å². The van der Waals surface area contributed by atoms with Crippen LogP contribution in [0.4, 0.5) is 0 Å². The summed E-state index contributed by atoms with van der Waals surface area (Å²) in [6, 6.07) is 8.68. The van der Waals surface area contributed by atoms with Crippen molar-refractivity contribution in [1.82, 2.24) is 4.90 Å². The second kappa shape index (κ2) is 6.54.